The summed E-state index contributed by atoms with van der Waals surface area (Å²) in [4.78, 5) is 18.6. The number of carbonyl (C=O) groups excluding carboxylic acids is 1. The van der Waals surface area contributed by atoms with E-state index < -0.39 is 5.91 Å². The lowest BCUT2D eigenvalue weighted by Crippen LogP contribution is -2.35. The maximum Gasteiger partial charge on any atom is 0.252 e. The van der Waals surface area contributed by atoms with E-state index in [1.807, 2.05) is 30.3 Å². The Kier molecular flexibility index (Phi) is 7.29. The molecule has 4 rings (SSSR count). The van der Waals surface area contributed by atoms with Gasteiger partial charge in [-0.05, 0) is 62.1 Å². The van der Waals surface area contributed by atoms with Gasteiger partial charge in [0.2, 0.25) is 0 Å². The molecule has 0 saturated carbocycles. The van der Waals surface area contributed by atoms with Crippen LogP contribution in [0.3, 0.4) is 0 Å². The van der Waals surface area contributed by atoms with Gasteiger partial charge < -0.3 is 26.0 Å². The number of carbonyl (C=O) groups is 1. The van der Waals surface area contributed by atoms with Crippen molar-refractivity contribution < 1.29 is 9.53 Å². The largest absolute Gasteiger partial charge is 0.490 e. The molecule has 7 heteroatoms. The van der Waals surface area contributed by atoms with Crippen molar-refractivity contribution in [3.63, 3.8) is 0 Å². The van der Waals surface area contributed by atoms with Gasteiger partial charge in [-0.2, -0.15) is 0 Å². The number of benzene rings is 1. The summed E-state index contributed by atoms with van der Waals surface area (Å²) in [5.74, 6) is 1.52. The molecule has 1 unspecified atom stereocenters. The van der Waals surface area contributed by atoms with Crippen molar-refractivity contribution in [3.8, 4) is 5.75 Å². The van der Waals surface area contributed by atoms with Crippen molar-refractivity contribution in [2.75, 3.05) is 37.3 Å². The van der Waals surface area contributed by atoms with Crippen LogP contribution in [0.15, 0.2) is 60.3 Å². The van der Waals surface area contributed by atoms with Crippen LogP contribution in [0.5, 0.6) is 5.75 Å². The Balaban J connectivity index is 1.40. The van der Waals surface area contributed by atoms with Crippen molar-refractivity contribution in [1.82, 2.24) is 9.88 Å². The third-order valence-electron chi connectivity index (χ3n) is 6.09. The highest BCUT2D eigenvalue weighted by Gasteiger charge is 2.18. The molecule has 0 radical (unpaired) electrons. The van der Waals surface area contributed by atoms with Crippen LogP contribution >= 0.6 is 0 Å². The van der Waals surface area contributed by atoms with Crippen molar-refractivity contribution in [2.45, 2.75) is 32.3 Å². The van der Waals surface area contributed by atoms with E-state index in [2.05, 4.69) is 52.7 Å². The Morgan fingerprint density at radius 1 is 1.24 bits per heavy atom. The summed E-state index contributed by atoms with van der Waals surface area (Å²) in [6, 6.07) is 9.71. The number of primary amides is 1. The molecular formula is C26H33N5O2. The summed E-state index contributed by atoms with van der Waals surface area (Å²) in [7, 11) is 2.15. The maximum atomic E-state index is 11.9. The molecular weight excluding hydrogens is 414 g/mol. The molecule has 2 aromatic rings. The lowest BCUT2D eigenvalue weighted by Gasteiger charge is -2.29. The number of nitrogens with one attached hydrogen (secondary N) is 2. The topological polar surface area (TPSA) is 92.5 Å². The molecule has 1 saturated heterocycles. The second-order valence-electron chi connectivity index (χ2n) is 8.96. The van der Waals surface area contributed by atoms with Gasteiger partial charge in [-0.25, -0.2) is 4.98 Å². The van der Waals surface area contributed by atoms with Crippen molar-refractivity contribution in [1.29, 1.82) is 0 Å². The van der Waals surface area contributed by atoms with E-state index in [4.69, 9.17) is 10.5 Å². The van der Waals surface area contributed by atoms with Crippen LogP contribution in [0.1, 0.15) is 36.5 Å². The zero-order valence-corrected chi connectivity index (χ0v) is 19.4. The van der Waals surface area contributed by atoms with E-state index in [9.17, 15) is 4.79 Å². The Hall–Kier alpha value is -3.32. The summed E-state index contributed by atoms with van der Waals surface area (Å²) in [6.45, 7) is 4.95. The second kappa shape index (κ2) is 10.5. The zero-order chi connectivity index (χ0) is 23.2. The summed E-state index contributed by atoms with van der Waals surface area (Å²) in [5.41, 5.74) is 8.68. The van der Waals surface area contributed by atoms with Gasteiger partial charge in [0.25, 0.3) is 5.91 Å². The molecule has 174 valence electrons. The summed E-state index contributed by atoms with van der Waals surface area (Å²) in [5, 5.41) is 6.64. The minimum absolute atomic E-state index is 0.272. The molecule has 1 aromatic heterocycles. The Morgan fingerprint density at radius 2 is 2.00 bits per heavy atom. The minimum atomic E-state index is -0.506. The third-order valence-corrected chi connectivity index (χ3v) is 6.09. The fourth-order valence-corrected chi connectivity index (χ4v) is 4.16. The van der Waals surface area contributed by atoms with Gasteiger partial charge >= 0.3 is 0 Å². The Bertz CT molecular complexity index is 1020. The molecule has 1 aliphatic carbocycles. The minimum Gasteiger partial charge on any atom is -0.490 e. The van der Waals surface area contributed by atoms with Gasteiger partial charge in [-0.15, -0.1) is 0 Å². The number of nitrogens with zero attached hydrogens (tertiary/aromatic N) is 2. The fourth-order valence-electron chi connectivity index (χ4n) is 4.16. The molecule has 1 aliphatic heterocycles. The third kappa shape index (κ3) is 6.35. The number of rotatable bonds is 8. The molecule has 1 aromatic carbocycles. The molecule has 33 heavy (non-hydrogen) atoms. The average Bonchev–Trinajstić information content (AvgIpc) is 2.80. The number of pyridine rings is 1. The van der Waals surface area contributed by atoms with Crippen LogP contribution in [0.4, 0.5) is 17.2 Å². The van der Waals surface area contributed by atoms with E-state index >= 15 is 0 Å². The highest BCUT2D eigenvalue weighted by Crippen LogP contribution is 2.25. The first-order valence-corrected chi connectivity index (χ1v) is 11.6. The van der Waals surface area contributed by atoms with E-state index in [1.54, 1.807) is 0 Å². The number of hydrogen-bond donors (Lipinski definition) is 3. The predicted molar refractivity (Wildman–Crippen MR) is 133 cm³/mol. The maximum absolute atomic E-state index is 11.9. The molecule has 1 amide bonds. The highest BCUT2D eigenvalue weighted by atomic mass is 16.5. The molecule has 0 spiro atoms. The number of amides is 1. The number of likely N-dealkylation sites (tertiary alicyclic amines) is 1. The quantitative estimate of drug-likeness (QED) is 0.558. The van der Waals surface area contributed by atoms with Gasteiger partial charge in [0.05, 0.1) is 11.3 Å². The first kappa shape index (κ1) is 22.9. The molecule has 0 bridgehead atoms. The molecule has 2 heterocycles. The van der Waals surface area contributed by atoms with Gasteiger partial charge in [0.1, 0.15) is 17.7 Å². The Labute approximate surface area is 195 Å². The molecule has 2 aliphatic rings. The normalized spacial score (nSPS) is 19.1. The van der Waals surface area contributed by atoms with Crippen LogP contribution in [-0.2, 0) is 0 Å². The number of nitrogens with two attached hydrogens (primary N) is 1. The Morgan fingerprint density at radius 3 is 2.70 bits per heavy atom. The van der Waals surface area contributed by atoms with Crippen molar-refractivity contribution in [3.05, 3.63) is 65.9 Å². The SMILES string of the molecule is CC1C=C(CNc2cc(Nc3ccc(OC4CCN(C)CC4)cc3)ncc2C(N)=O)C=CC1. The number of ether oxygens (including phenoxy) is 1. The van der Waals surface area contributed by atoms with Crippen LogP contribution in [0.2, 0.25) is 0 Å². The van der Waals surface area contributed by atoms with E-state index in [0.29, 0.717) is 29.5 Å². The molecule has 1 fully saturated rings. The zero-order valence-electron chi connectivity index (χ0n) is 19.4. The molecule has 7 nitrogen and oxygen atoms in total. The van der Waals surface area contributed by atoms with Crippen LogP contribution in [0, 0.1) is 5.92 Å². The average molecular weight is 448 g/mol. The smallest absolute Gasteiger partial charge is 0.252 e. The van der Waals surface area contributed by atoms with Gasteiger partial charge in [0, 0.05) is 37.6 Å². The molecule has 4 N–H and O–H groups in total. The lowest BCUT2D eigenvalue weighted by atomic mass is 9.98. The summed E-state index contributed by atoms with van der Waals surface area (Å²) < 4.78 is 6.12. The predicted octanol–water partition coefficient (Wildman–Crippen LogP) is 4.33. The summed E-state index contributed by atoms with van der Waals surface area (Å²) in [6.07, 6.45) is 11.5. The first-order valence-electron chi connectivity index (χ1n) is 11.6. The van der Waals surface area contributed by atoms with Crippen LogP contribution in [-0.4, -0.2) is 48.6 Å². The number of aromatic nitrogens is 1. The number of hydrogen-bond acceptors (Lipinski definition) is 6. The lowest BCUT2D eigenvalue weighted by molar-refractivity contribution is 0.100. The fraction of sp³-hybridized carbons (Fsp3) is 0.385. The van der Waals surface area contributed by atoms with Gasteiger partial charge in [0.15, 0.2) is 0 Å². The van der Waals surface area contributed by atoms with Crippen molar-refractivity contribution in [2.24, 2.45) is 11.7 Å². The molecule has 1 atom stereocenters. The number of allylic oxidation sites excluding steroid dienone is 2. The standard InChI is InChI=1S/C26H33N5O2/c1-18-4-3-5-19(14-18)16-28-24-15-25(29-17-23(24)26(27)32)30-20-6-8-21(9-7-20)33-22-10-12-31(2)13-11-22/h3,5-9,14-15,17-18,22H,4,10-13,16H2,1-2H3,(H2,27,32)(H2,28,29,30). The van der Waals surface area contributed by atoms with Crippen LogP contribution < -0.4 is 21.1 Å². The van der Waals surface area contributed by atoms with E-state index in [-0.39, 0.29) is 6.10 Å². The summed E-state index contributed by atoms with van der Waals surface area (Å²) >= 11 is 0. The van der Waals surface area contributed by atoms with Gasteiger partial charge in [-0.3, -0.25) is 4.79 Å². The first-order chi connectivity index (χ1) is 16.0. The number of piperidine rings is 1. The number of anilines is 3. The highest BCUT2D eigenvalue weighted by molar-refractivity contribution is 5.98. The monoisotopic (exact) mass is 447 g/mol. The van der Waals surface area contributed by atoms with E-state index in [1.165, 1.54) is 11.8 Å². The van der Waals surface area contributed by atoms with E-state index in [0.717, 1.165) is 43.8 Å². The van der Waals surface area contributed by atoms with Gasteiger partial charge in [-0.1, -0.05) is 25.2 Å². The second-order valence-corrected chi connectivity index (χ2v) is 8.96. The van der Waals surface area contributed by atoms with Crippen molar-refractivity contribution >= 4 is 23.1 Å². The van der Waals surface area contributed by atoms with Crippen LogP contribution in [0.25, 0.3) is 0 Å².